The van der Waals surface area contributed by atoms with Crippen LogP contribution in [0, 0.1) is 0 Å². The Morgan fingerprint density at radius 3 is 2.78 bits per heavy atom. The second kappa shape index (κ2) is 7.87. The molecule has 1 aromatic rings. The van der Waals surface area contributed by atoms with Crippen molar-refractivity contribution in [3.8, 4) is 11.5 Å². The molecule has 5 heteroatoms. The van der Waals surface area contributed by atoms with Crippen LogP contribution in [0.5, 0.6) is 11.5 Å². The predicted molar refractivity (Wildman–Crippen MR) is 73.1 cm³/mol. The van der Waals surface area contributed by atoms with Gasteiger partial charge in [-0.1, -0.05) is 6.07 Å². The van der Waals surface area contributed by atoms with E-state index in [4.69, 9.17) is 14.6 Å². The number of carbonyl (C=O) groups is 1. The molecule has 0 saturated carbocycles. The molecule has 0 saturated heterocycles. The van der Waals surface area contributed by atoms with Gasteiger partial charge in [0.15, 0.2) is 11.5 Å². The quantitative estimate of drug-likeness (QED) is 0.736. The first-order valence-electron chi connectivity index (χ1n) is 5.81. The van der Waals surface area contributed by atoms with E-state index in [0.29, 0.717) is 24.7 Å². The third-order valence-corrected chi connectivity index (χ3v) is 2.95. The number of aromatic carboxylic acids is 1. The van der Waals surface area contributed by atoms with Gasteiger partial charge < -0.3 is 14.6 Å². The van der Waals surface area contributed by atoms with Gasteiger partial charge in [-0.05, 0) is 37.5 Å². The van der Waals surface area contributed by atoms with Gasteiger partial charge in [0.1, 0.15) is 5.56 Å². The van der Waals surface area contributed by atoms with Gasteiger partial charge in [-0.2, -0.15) is 11.8 Å². The zero-order chi connectivity index (χ0) is 13.4. The van der Waals surface area contributed by atoms with Crippen LogP contribution in [0.15, 0.2) is 18.2 Å². The number of hydrogen-bond acceptors (Lipinski definition) is 4. The molecule has 0 aliphatic carbocycles. The Bertz CT molecular complexity index is 393. The maximum atomic E-state index is 11.1. The Kier molecular flexibility index (Phi) is 6.43. The fraction of sp³-hybridized carbons (Fsp3) is 0.462. The average molecular weight is 270 g/mol. The van der Waals surface area contributed by atoms with E-state index < -0.39 is 5.97 Å². The van der Waals surface area contributed by atoms with Crippen LogP contribution in [0.4, 0.5) is 0 Å². The second-order valence-corrected chi connectivity index (χ2v) is 4.55. The molecule has 0 radical (unpaired) electrons. The zero-order valence-corrected chi connectivity index (χ0v) is 11.5. The molecular weight excluding hydrogens is 252 g/mol. The van der Waals surface area contributed by atoms with Crippen molar-refractivity contribution in [3.05, 3.63) is 23.8 Å². The van der Waals surface area contributed by atoms with Gasteiger partial charge in [0, 0.05) is 0 Å². The summed E-state index contributed by atoms with van der Waals surface area (Å²) in [5.74, 6) is 0.796. The van der Waals surface area contributed by atoms with Gasteiger partial charge in [0.25, 0.3) is 0 Å². The minimum absolute atomic E-state index is 0.144. The summed E-state index contributed by atoms with van der Waals surface area (Å²) in [6, 6.07) is 4.90. The van der Waals surface area contributed by atoms with E-state index in [1.54, 1.807) is 23.9 Å². The summed E-state index contributed by atoms with van der Waals surface area (Å²) in [5.41, 5.74) is 0.144. The molecule has 0 atom stereocenters. The lowest BCUT2D eigenvalue weighted by Gasteiger charge is -2.13. The van der Waals surface area contributed by atoms with E-state index in [0.717, 1.165) is 12.2 Å². The maximum Gasteiger partial charge on any atom is 0.339 e. The molecule has 0 unspecified atom stereocenters. The summed E-state index contributed by atoms with van der Waals surface area (Å²) in [6.45, 7) is 2.82. The number of thioether (sulfide) groups is 1. The molecule has 1 N–H and O–H groups in total. The molecule has 1 aromatic carbocycles. The number of carboxylic acids is 1. The SMILES string of the molecule is CCOc1cccc(C(=O)O)c1OCCCSC. The van der Waals surface area contributed by atoms with Crippen molar-refractivity contribution in [1.29, 1.82) is 0 Å². The molecule has 0 aliphatic rings. The Morgan fingerprint density at radius 1 is 1.39 bits per heavy atom. The van der Waals surface area contributed by atoms with Crippen molar-refractivity contribution < 1.29 is 19.4 Å². The molecule has 100 valence electrons. The second-order valence-electron chi connectivity index (χ2n) is 3.57. The number of hydrogen-bond donors (Lipinski definition) is 1. The molecule has 0 spiro atoms. The first-order valence-corrected chi connectivity index (χ1v) is 7.21. The molecule has 4 nitrogen and oxygen atoms in total. The van der Waals surface area contributed by atoms with Crippen molar-refractivity contribution in [1.82, 2.24) is 0 Å². The number of benzene rings is 1. The predicted octanol–water partition coefficient (Wildman–Crippen LogP) is 2.92. The monoisotopic (exact) mass is 270 g/mol. The van der Waals surface area contributed by atoms with Crippen LogP contribution in [0.2, 0.25) is 0 Å². The summed E-state index contributed by atoms with van der Waals surface area (Å²) in [4.78, 5) is 11.1. The van der Waals surface area contributed by atoms with E-state index in [-0.39, 0.29) is 5.56 Å². The summed E-state index contributed by atoms with van der Waals surface area (Å²) < 4.78 is 11.0. The first kappa shape index (κ1) is 14.7. The van der Waals surface area contributed by atoms with Crippen LogP contribution in [-0.4, -0.2) is 36.3 Å². The summed E-state index contributed by atoms with van der Waals surface area (Å²) in [7, 11) is 0. The maximum absolute atomic E-state index is 11.1. The van der Waals surface area contributed by atoms with Gasteiger partial charge in [-0.15, -0.1) is 0 Å². The standard InChI is InChI=1S/C13H18O4S/c1-3-16-11-7-4-6-10(13(14)15)12(11)17-8-5-9-18-2/h4,6-7H,3,5,8-9H2,1-2H3,(H,14,15). The lowest BCUT2D eigenvalue weighted by Crippen LogP contribution is -2.07. The van der Waals surface area contributed by atoms with Gasteiger partial charge in [-0.3, -0.25) is 0 Å². The molecule has 0 aliphatic heterocycles. The number of para-hydroxylation sites is 1. The Morgan fingerprint density at radius 2 is 2.17 bits per heavy atom. The van der Waals surface area contributed by atoms with E-state index in [9.17, 15) is 4.79 Å². The molecule has 18 heavy (non-hydrogen) atoms. The van der Waals surface area contributed by atoms with Crippen LogP contribution < -0.4 is 9.47 Å². The number of carboxylic acid groups (broad SMARTS) is 1. The Labute approximate surface area is 111 Å². The smallest absolute Gasteiger partial charge is 0.339 e. The number of rotatable bonds is 8. The van der Waals surface area contributed by atoms with Gasteiger partial charge in [-0.25, -0.2) is 4.79 Å². The third kappa shape index (κ3) is 4.14. The average Bonchev–Trinajstić information content (AvgIpc) is 2.36. The van der Waals surface area contributed by atoms with Crippen molar-refractivity contribution in [2.24, 2.45) is 0 Å². The van der Waals surface area contributed by atoms with Crippen LogP contribution >= 0.6 is 11.8 Å². The highest BCUT2D eigenvalue weighted by molar-refractivity contribution is 7.98. The highest BCUT2D eigenvalue weighted by Gasteiger charge is 2.16. The van der Waals surface area contributed by atoms with E-state index >= 15 is 0 Å². The van der Waals surface area contributed by atoms with Crippen LogP contribution in [-0.2, 0) is 0 Å². The Hall–Kier alpha value is -1.36. The molecule has 0 aromatic heterocycles. The van der Waals surface area contributed by atoms with Crippen LogP contribution in [0.3, 0.4) is 0 Å². The molecule has 1 rings (SSSR count). The van der Waals surface area contributed by atoms with Gasteiger partial charge >= 0.3 is 5.97 Å². The topological polar surface area (TPSA) is 55.8 Å². The van der Waals surface area contributed by atoms with E-state index in [1.807, 2.05) is 13.2 Å². The van der Waals surface area contributed by atoms with E-state index in [2.05, 4.69) is 0 Å². The number of ether oxygens (including phenoxy) is 2. The van der Waals surface area contributed by atoms with Crippen molar-refractivity contribution in [2.45, 2.75) is 13.3 Å². The lowest BCUT2D eigenvalue weighted by molar-refractivity contribution is 0.0691. The first-order chi connectivity index (χ1) is 8.70. The molecule has 0 bridgehead atoms. The Balaban J connectivity index is 2.85. The summed E-state index contributed by atoms with van der Waals surface area (Å²) >= 11 is 1.73. The fourth-order valence-electron chi connectivity index (χ4n) is 1.48. The van der Waals surface area contributed by atoms with E-state index in [1.165, 1.54) is 6.07 Å². The molecule has 0 fully saturated rings. The normalized spacial score (nSPS) is 10.1. The van der Waals surface area contributed by atoms with Crippen molar-refractivity contribution in [3.63, 3.8) is 0 Å². The summed E-state index contributed by atoms with van der Waals surface area (Å²) in [5, 5.41) is 9.12. The van der Waals surface area contributed by atoms with Gasteiger partial charge in [0.05, 0.1) is 13.2 Å². The fourth-order valence-corrected chi connectivity index (χ4v) is 1.89. The zero-order valence-electron chi connectivity index (χ0n) is 10.6. The molecule has 0 amide bonds. The largest absolute Gasteiger partial charge is 0.490 e. The van der Waals surface area contributed by atoms with Gasteiger partial charge in [0.2, 0.25) is 0 Å². The molecular formula is C13H18O4S. The minimum atomic E-state index is -1.00. The van der Waals surface area contributed by atoms with Crippen molar-refractivity contribution >= 4 is 17.7 Å². The summed E-state index contributed by atoms with van der Waals surface area (Å²) in [6.07, 6.45) is 2.90. The van der Waals surface area contributed by atoms with Crippen molar-refractivity contribution in [2.75, 3.05) is 25.2 Å². The lowest BCUT2D eigenvalue weighted by atomic mass is 10.2. The molecule has 0 heterocycles. The van der Waals surface area contributed by atoms with Crippen LogP contribution in [0.1, 0.15) is 23.7 Å². The third-order valence-electron chi connectivity index (χ3n) is 2.25. The minimum Gasteiger partial charge on any atom is -0.490 e. The highest BCUT2D eigenvalue weighted by atomic mass is 32.2. The van der Waals surface area contributed by atoms with Crippen LogP contribution in [0.25, 0.3) is 0 Å². The highest BCUT2D eigenvalue weighted by Crippen LogP contribution is 2.31.